The molecule has 5 aromatic rings. The minimum absolute atomic E-state index is 0.0976. The van der Waals surface area contributed by atoms with Gasteiger partial charge in [0.15, 0.2) is 0 Å². The van der Waals surface area contributed by atoms with Gasteiger partial charge in [0.25, 0.3) is 0 Å². The minimum Gasteiger partial charge on any atom is -0.453 e. The van der Waals surface area contributed by atoms with E-state index in [1.807, 2.05) is 49.9 Å². The molecular weight excluding hydrogens is 881 g/mol. The van der Waals surface area contributed by atoms with E-state index in [1.54, 1.807) is 5.56 Å². The molecule has 70 heavy (non-hydrogen) atoms. The lowest BCUT2D eigenvalue weighted by atomic mass is 9.77. The number of benzene rings is 3. The van der Waals surface area contributed by atoms with Crippen molar-refractivity contribution < 1.29 is 28.7 Å². The van der Waals surface area contributed by atoms with Crippen LogP contribution in [0.2, 0.25) is 0 Å². The monoisotopic (exact) mass is 947 g/mol. The number of methoxy groups -OCH3 is 2. The Morgan fingerprint density at radius 2 is 0.943 bits per heavy atom. The number of aromatic amines is 2. The third kappa shape index (κ3) is 7.85. The molecule has 4 bridgehead atoms. The maximum Gasteiger partial charge on any atom is 0.407 e. The highest BCUT2D eigenvalue weighted by atomic mass is 16.5. The van der Waals surface area contributed by atoms with E-state index in [0.29, 0.717) is 36.8 Å². The van der Waals surface area contributed by atoms with Crippen molar-refractivity contribution in [2.45, 2.75) is 140 Å². The summed E-state index contributed by atoms with van der Waals surface area (Å²) in [7, 11) is 2.63. The molecule has 3 aromatic carbocycles. The molecule has 2 saturated carbocycles. The highest BCUT2D eigenvalue weighted by Gasteiger charge is 2.45. The number of carbonyl (C=O) groups is 4. The van der Waals surface area contributed by atoms with Gasteiger partial charge >= 0.3 is 12.2 Å². The Bertz CT molecular complexity index is 2850. The van der Waals surface area contributed by atoms with E-state index in [2.05, 4.69) is 69.1 Å². The van der Waals surface area contributed by atoms with Crippen LogP contribution in [0.15, 0.2) is 60.9 Å². The second-order valence-corrected chi connectivity index (χ2v) is 21.4. The van der Waals surface area contributed by atoms with E-state index in [0.717, 1.165) is 54.3 Å². The van der Waals surface area contributed by atoms with Crippen molar-refractivity contribution in [2.24, 2.45) is 11.8 Å². The van der Waals surface area contributed by atoms with E-state index in [4.69, 9.17) is 19.4 Å². The van der Waals surface area contributed by atoms with Gasteiger partial charge in [0.1, 0.15) is 23.7 Å². The Balaban J connectivity index is 0.863. The van der Waals surface area contributed by atoms with Gasteiger partial charge in [-0.05, 0) is 150 Å². The summed E-state index contributed by atoms with van der Waals surface area (Å²) in [6.07, 6.45) is 13.3. The molecule has 2 aromatic heterocycles. The molecular formula is C56H66N8O6. The zero-order chi connectivity index (χ0) is 48.5. The fraction of sp³-hybridized carbons (Fsp3) is 0.500. The smallest absolute Gasteiger partial charge is 0.407 e. The van der Waals surface area contributed by atoms with Crippen LogP contribution in [-0.2, 0) is 19.1 Å². The number of nitrogens with one attached hydrogen (secondary N) is 4. The second kappa shape index (κ2) is 18.4. The number of alkyl carbamates (subject to hydrolysis) is 2. The Kier molecular flexibility index (Phi) is 12.1. The average molecular weight is 947 g/mol. The number of fused-ring (bicyclic) bond motifs is 10. The van der Waals surface area contributed by atoms with Crippen molar-refractivity contribution in [2.75, 3.05) is 27.3 Å². The quantitative estimate of drug-likeness (QED) is 0.0956. The second-order valence-electron chi connectivity index (χ2n) is 21.4. The Hall–Kier alpha value is -6.44. The topological polar surface area (TPSA) is 175 Å². The summed E-state index contributed by atoms with van der Waals surface area (Å²) in [4.78, 5) is 72.7. The van der Waals surface area contributed by atoms with Crippen LogP contribution >= 0.6 is 0 Å². The van der Waals surface area contributed by atoms with E-state index in [-0.39, 0.29) is 35.7 Å². The average Bonchev–Trinajstić information content (AvgIpc) is 4.23. The third-order valence-electron chi connectivity index (χ3n) is 16.8. The van der Waals surface area contributed by atoms with Crippen LogP contribution in [-0.4, -0.2) is 93.1 Å². The lowest BCUT2D eigenvalue weighted by molar-refractivity contribution is -0.136. The van der Waals surface area contributed by atoms with Gasteiger partial charge < -0.3 is 39.9 Å². The molecule has 4 amide bonds. The van der Waals surface area contributed by atoms with Gasteiger partial charge in [-0.3, -0.25) is 9.59 Å². The van der Waals surface area contributed by atoms with Crippen LogP contribution in [0.1, 0.15) is 162 Å². The maximum absolute atomic E-state index is 13.9. The first kappa shape index (κ1) is 46.0. The summed E-state index contributed by atoms with van der Waals surface area (Å²) >= 11 is 0. The lowest BCUT2D eigenvalue weighted by Crippen LogP contribution is -2.51. The standard InChI is InChI=1S/C56H66N8O6/c1-29(2)49(61-55(67)69-5)53(65)63-23-7-9-43(63)51-57-27-41(59-51)32-13-11-31(12-14-32)37-19-20-38(46-34-16-15-33(25-34)45(37)46)39-21-22-40(48-36-18-17-35(26-36)47(39)48)42-28-58-52(60-42)44-10-8-24-64(44)54(66)50(30(3)4)62-56(68)70-6/h11-14,19-22,27-30,33-36,43-44,49-50H,7-10,15-18,23-26H2,1-6H3,(H,57,59)(H,58,60)(H,61,67)(H,62,68)/t33?,34?,35?,36?,43-,44-,49-,50?/m0/s1. The fourth-order valence-corrected chi connectivity index (χ4v) is 13.5. The van der Waals surface area contributed by atoms with Gasteiger partial charge in [-0.25, -0.2) is 19.6 Å². The molecule has 0 spiro atoms. The van der Waals surface area contributed by atoms with Gasteiger partial charge in [0, 0.05) is 18.7 Å². The molecule has 2 aliphatic heterocycles. The van der Waals surface area contributed by atoms with Crippen molar-refractivity contribution in [1.82, 2.24) is 40.4 Å². The predicted molar refractivity (Wildman–Crippen MR) is 267 cm³/mol. The zero-order valence-electron chi connectivity index (χ0n) is 41.3. The number of H-pyrrole nitrogens is 2. The number of likely N-dealkylation sites (tertiary alicyclic amines) is 2. The van der Waals surface area contributed by atoms with Crippen molar-refractivity contribution in [3.63, 3.8) is 0 Å². The Morgan fingerprint density at radius 3 is 1.41 bits per heavy atom. The molecule has 4 heterocycles. The molecule has 366 valence electrons. The van der Waals surface area contributed by atoms with Gasteiger partial charge in [0.2, 0.25) is 11.8 Å². The summed E-state index contributed by atoms with van der Waals surface area (Å²) in [6.45, 7) is 8.95. The van der Waals surface area contributed by atoms with E-state index >= 15 is 0 Å². The van der Waals surface area contributed by atoms with Crippen molar-refractivity contribution >= 4 is 24.0 Å². The summed E-state index contributed by atoms with van der Waals surface area (Å²) in [6, 6.07) is 16.7. The molecule has 6 aliphatic rings. The highest BCUT2D eigenvalue weighted by Crippen LogP contribution is 2.62. The number of aromatic nitrogens is 4. The van der Waals surface area contributed by atoms with Crippen LogP contribution in [0.5, 0.6) is 0 Å². The molecule has 8 atom stereocenters. The fourth-order valence-electron chi connectivity index (χ4n) is 13.5. The van der Waals surface area contributed by atoms with E-state index in [9.17, 15) is 19.2 Å². The van der Waals surface area contributed by atoms with Crippen LogP contribution in [0.3, 0.4) is 0 Å². The van der Waals surface area contributed by atoms with Crippen molar-refractivity contribution in [3.05, 3.63) is 94.8 Å². The number of hydrogen-bond acceptors (Lipinski definition) is 8. The summed E-state index contributed by atoms with van der Waals surface area (Å²) in [5, 5.41) is 5.51. The molecule has 4 fully saturated rings. The molecule has 5 unspecified atom stereocenters. The number of ether oxygens (including phenoxy) is 2. The number of imidazole rings is 2. The Labute approximate surface area is 410 Å². The highest BCUT2D eigenvalue weighted by molar-refractivity contribution is 5.88. The normalized spacial score (nSPS) is 23.8. The Morgan fingerprint density at radius 1 is 0.543 bits per heavy atom. The molecule has 11 rings (SSSR count). The third-order valence-corrected chi connectivity index (χ3v) is 16.8. The van der Waals surface area contributed by atoms with Gasteiger partial charge in [-0.2, -0.15) is 0 Å². The van der Waals surface area contributed by atoms with Gasteiger partial charge in [0.05, 0.1) is 50.1 Å². The molecule has 4 aliphatic carbocycles. The molecule has 4 N–H and O–H groups in total. The first-order valence-corrected chi connectivity index (χ1v) is 25.8. The summed E-state index contributed by atoms with van der Waals surface area (Å²) in [5.41, 5.74) is 15.7. The first-order valence-electron chi connectivity index (χ1n) is 25.8. The lowest BCUT2D eigenvalue weighted by Gasteiger charge is -2.30. The van der Waals surface area contributed by atoms with Crippen LogP contribution in [0.25, 0.3) is 44.8 Å². The van der Waals surface area contributed by atoms with Gasteiger partial charge in [-0.1, -0.05) is 76.2 Å². The van der Waals surface area contributed by atoms with Crippen molar-refractivity contribution in [3.8, 4) is 44.8 Å². The molecule has 0 radical (unpaired) electrons. The number of carbonyl (C=O) groups excluding carboxylic acids is 4. The summed E-state index contributed by atoms with van der Waals surface area (Å²) in [5.74, 6) is 3.31. The number of rotatable bonds is 12. The largest absolute Gasteiger partial charge is 0.453 e. The maximum atomic E-state index is 13.9. The molecule has 2 saturated heterocycles. The predicted octanol–water partition coefficient (Wildman–Crippen LogP) is 10.6. The molecule has 14 nitrogen and oxygen atoms in total. The minimum atomic E-state index is -0.682. The number of hydrogen-bond donors (Lipinski definition) is 4. The zero-order valence-corrected chi connectivity index (χ0v) is 41.3. The van der Waals surface area contributed by atoms with Crippen LogP contribution < -0.4 is 10.6 Å². The van der Waals surface area contributed by atoms with Crippen LogP contribution in [0.4, 0.5) is 9.59 Å². The van der Waals surface area contributed by atoms with Gasteiger partial charge in [-0.15, -0.1) is 0 Å². The van der Waals surface area contributed by atoms with Crippen LogP contribution in [0, 0.1) is 11.8 Å². The number of nitrogens with zero attached hydrogens (tertiary/aromatic N) is 4. The van der Waals surface area contributed by atoms with Crippen molar-refractivity contribution in [1.29, 1.82) is 0 Å². The molecule has 14 heteroatoms. The first-order chi connectivity index (χ1) is 33.9. The summed E-state index contributed by atoms with van der Waals surface area (Å²) < 4.78 is 9.67. The number of amides is 4. The van der Waals surface area contributed by atoms with E-state index in [1.165, 1.54) is 97.3 Å². The van der Waals surface area contributed by atoms with E-state index < -0.39 is 24.3 Å². The SMILES string of the molecule is COC(=O)NC(C(=O)N1CCC[C@H]1c1ncc(-c2ccc(-c3ccc(-c4ccc(-c5cnc([C@@H]6CCCN6C(=O)[C@@H](NC(=O)OC)C(C)C)[nH]5)cc4)c4c3C3CCC4C3)c3c2C2CCC3C2)[nH]1)C(C)C.